The van der Waals surface area contributed by atoms with Crippen molar-refractivity contribution in [2.24, 2.45) is 5.92 Å². The molecule has 1 aromatic rings. The van der Waals surface area contributed by atoms with Gasteiger partial charge in [-0.2, -0.15) is 0 Å². The molecule has 0 amide bonds. The number of rotatable bonds is 6. The highest BCUT2D eigenvalue weighted by Gasteiger charge is 2.30. The lowest BCUT2D eigenvalue weighted by Gasteiger charge is -2.30. The first-order valence-corrected chi connectivity index (χ1v) is 8.16. The van der Waals surface area contributed by atoms with Crippen LogP contribution in [0.1, 0.15) is 51.6 Å². The van der Waals surface area contributed by atoms with Crippen LogP contribution in [0.2, 0.25) is 0 Å². The predicted octanol–water partition coefficient (Wildman–Crippen LogP) is 3.85. The average Bonchev–Trinajstić information content (AvgIpc) is 2.78. The molecule has 1 aliphatic rings. The van der Waals surface area contributed by atoms with Gasteiger partial charge in [-0.05, 0) is 31.9 Å². The Bertz CT molecular complexity index is 376. The monoisotopic (exact) mass is 274 g/mol. The van der Waals surface area contributed by atoms with Gasteiger partial charge < -0.3 is 10.2 Å². The molecule has 2 nitrogen and oxygen atoms in total. The molecule has 0 spiro atoms. The molecule has 3 atom stereocenters. The Balaban J connectivity index is 2.11. The van der Waals surface area contributed by atoms with Crippen LogP contribution in [0, 0.1) is 5.92 Å². The fraction of sp³-hybridized carbons (Fsp3) is 0.667. The molecule has 1 saturated heterocycles. The van der Waals surface area contributed by atoms with Crippen LogP contribution in [0.5, 0.6) is 0 Å². The number of nitrogens with one attached hydrogen (secondary N) is 1. The van der Waals surface area contributed by atoms with Gasteiger partial charge in [-0.15, -0.1) is 0 Å². The lowest BCUT2D eigenvalue weighted by atomic mass is 9.88. The van der Waals surface area contributed by atoms with E-state index >= 15 is 0 Å². The van der Waals surface area contributed by atoms with E-state index in [1.54, 1.807) is 0 Å². The fourth-order valence-corrected chi connectivity index (χ4v) is 3.49. The van der Waals surface area contributed by atoms with Gasteiger partial charge in [0, 0.05) is 24.7 Å². The van der Waals surface area contributed by atoms with Crippen LogP contribution in [0.3, 0.4) is 0 Å². The standard InChI is InChI=1S/C18H30N2/c1-5-15(6-2)18(16-10-8-7-9-11-16)19-17-12-14(3)20(4)13-17/h7-11,14-15,17-19H,5-6,12-13H2,1-4H3. The molecule has 0 aromatic heterocycles. The van der Waals surface area contributed by atoms with Crippen LogP contribution in [-0.4, -0.2) is 30.6 Å². The van der Waals surface area contributed by atoms with Gasteiger partial charge in [-0.3, -0.25) is 0 Å². The van der Waals surface area contributed by atoms with Gasteiger partial charge in [0.1, 0.15) is 0 Å². The number of benzene rings is 1. The third-order valence-corrected chi connectivity index (χ3v) is 4.98. The molecule has 0 radical (unpaired) electrons. The summed E-state index contributed by atoms with van der Waals surface area (Å²) in [7, 11) is 2.24. The lowest BCUT2D eigenvalue weighted by molar-refractivity contribution is 0.298. The van der Waals surface area contributed by atoms with Crippen molar-refractivity contribution in [3.05, 3.63) is 35.9 Å². The molecule has 1 heterocycles. The topological polar surface area (TPSA) is 15.3 Å². The molecule has 2 heteroatoms. The zero-order chi connectivity index (χ0) is 14.5. The Labute approximate surface area is 124 Å². The van der Waals surface area contributed by atoms with Crippen LogP contribution in [-0.2, 0) is 0 Å². The van der Waals surface area contributed by atoms with Gasteiger partial charge in [-0.25, -0.2) is 0 Å². The van der Waals surface area contributed by atoms with Gasteiger partial charge in [0.15, 0.2) is 0 Å². The Morgan fingerprint density at radius 2 is 1.85 bits per heavy atom. The zero-order valence-electron chi connectivity index (χ0n) is 13.5. The molecule has 20 heavy (non-hydrogen) atoms. The second-order valence-corrected chi connectivity index (χ2v) is 6.35. The summed E-state index contributed by atoms with van der Waals surface area (Å²) in [5.74, 6) is 0.721. The maximum absolute atomic E-state index is 3.95. The normalized spacial score (nSPS) is 25.2. The minimum atomic E-state index is 0.495. The van der Waals surface area contributed by atoms with Crippen molar-refractivity contribution in [3.8, 4) is 0 Å². The first kappa shape index (κ1) is 15.5. The lowest BCUT2D eigenvalue weighted by Crippen LogP contribution is -2.38. The van der Waals surface area contributed by atoms with Crippen molar-refractivity contribution >= 4 is 0 Å². The summed E-state index contributed by atoms with van der Waals surface area (Å²) in [4.78, 5) is 2.46. The Hall–Kier alpha value is -0.860. The van der Waals surface area contributed by atoms with Gasteiger partial charge in [0.05, 0.1) is 0 Å². The fourth-order valence-electron chi connectivity index (χ4n) is 3.49. The van der Waals surface area contributed by atoms with E-state index in [0.29, 0.717) is 18.1 Å². The summed E-state index contributed by atoms with van der Waals surface area (Å²) in [6, 6.07) is 12.8. The van der Waals surface area contributed by atoms with Crippen LogP contribution < -0.4 is 5.32 Å². The van der Waals surface area contributed by atoms with E-state index in [1.807, 2.05) is 0 Å². The molecule has 3 unspecified atom stereocenters. The predicted molar refractivity (Wildman–Crippen MR) is 86.9 cm³/mol. The smallest absolute Gasteiger partial charge is 0.0351 e. The largest absolute Gasteiger partial charge is 0.306 e. The van der Waals surface area contributed by atoms with Crippen LogP contribution >= 0.6 is 0 Å². The minimum absolute atomic E-state index is 0.495. The van der Waals surface area contributed by atoms with E-state index in [2.05, 4.69) is 68.4 Å². The van der Waals surface area contributed by atoms with Crippen molar-refractivity contribution in [1.82, 2.24) is 10.2 Å². The minimum Gasteiger partial charge on any atom is -0.306 e. The third kappa shape index (κ3) is 3.62. The number of likely N-dealkylation sites (N-methyl/N-ethyl adjacent to an activating group) is 1. The number of nitrogens with zero attached hydrogens (tertiary/aromatic N) is 1. The first-order chi connectivity index (χ1) is 9.65. The van der Waals surface area contributed by atoms with Crippen molar-refractivity contribution in [3.63, 3.8) is 0 Å². The Kier molecular flexibility index (Phi) is 5.62. The van der Waals surface area contributed by atoms with Crippen molar-refractivity contribution in [1.29, 1.82) is 0 Å². The first-order valence-electron chi connectivity index (χ1n) is 8.16. The average molecular weight is 274 g/mol. The maximum atomic E-state index is 3.95. The summed E-state index contributed by atoms with van der Waals surface area (Å²) in [6.07, 6.45) is 3.74. The zero-order valence-corrected chi connectivity index (χ0v) is 13.5. The van der Waals surface area contributed by atoms with Crippen molar-refractivity contribution < 1.29 is 0 Å². The second kappa shape index (κ2) is 7.24. The molecule has 0 aliphatic carbocycles. The van der Waals surface area contributed by atoms with E-state index in [9.17, 15) is 0 Å². The molecule has 1 aliphatic heterocycles. The summed E-state index contributed by atoms with van der Waals surface area (Å²) in [5.41, 5.74) is 1.45. The highest BCUT2D eigenvalue weighted by molar-refractivity contribution is 5.20. The maximum Gasteiger partial charge on any atom is 0.0351 e. The quantitative estimate of drug-likeness (QED) is 0.847. The molecule has 2 rings (SSSR count). The molecular weight excluding hydrogens is 244 g/mol. The Morgan fingerprint density at radius 3 is 2.35 bits per heavy atom. The number of hydrogen-bond acceptors (Lipinski definition) is 2. The number of likely N-dealkylation sites (tertiary alicyclic amines) is 1. The van der Waals surface area contributed by atoms with E-state index in [0.717, 1.165) is 5.92 Å². The molecular formula is C18H30N2. The van der Waals surface area contributed by atoms with E-state index in [-0.39, 0.29) is 0 Å². The van der Waals surface area contributed by atoms with Crippen LogP contribution in [0.25, 0.3) is 0 Å². The Morgan fingerprint density at radius 1 is 1.20 bits per heavy atom. The molecule has 1 N–H and O–H groups in total. The van der Waals surface area contributed by atoms with Crippen LogP contribution in [0.15, 0.2) is 30.3 Å². The molecule has 0 saturated carbocycles. The molecule has 1 fully saturated rings. The molecule has 0 bridgehead atoms. The third-order valence-electron chi connectivity index (χ3n) is 4.98. The van der Waals surface area contributed by atoms with Gasteiger partial charge in [-0.1, -0.05) is 57.0 Å². The van der Waals surface area contributed by atoms with E-state index in [4.69, 9.17) is 0 Å². The van der Waals surface area contributed by atoms with Gasteiger partial charge in [0.25, 0.3) is 0 Å². The van der Waals surface area contributed by atoms with Crippen molar-refractivity contribution in [2.45, 2.75) is 58.2 Å². The summed E-state index contributed by atoms with van der Waals surface area (Å²) in [5, 5.41) is 3.95. The number of hydrogen-bond donors (Lipinski definition) is 1. The van der Waals surface area contributed by atoms with E-state index in [1.165, 1.54) is 31.4 Å². The highest BCUT2D eigenvalue weighted by atomic mass is 15.2. The van der Waals surface area contributed by atoms with Gasteiger partial charge in [0.2, 0.25) is 0 Å². The van der Waals surface area contributed by atoms with Crippen molar-refractivity contribution in [2.75, 3.05) is 13.6 Å². The van der Waals surface area contributed by atoms with E-state index < -0.39 is 0 Å². The summed E-state index contributed by atoms with van der Waals surface area (Å²) >= 11 is 0. The molecule has 1 aromatic carbocycles. The SMILES string of the molecule is CCC(CC)C(NC1CC(C)N(C)C1)c1ccccc1. The second-order valence-electron chi connectivity index (χ2n) is 6.35. The molecule has 112 valence electrons. The van der Waals surface area contributed by atoms with Gasteiger partial charge >= 0.3 is 0 Å². The highest BCUT2D eigenvalue weighted by Crippen LogP contribution is 2.29. The van der Waals surface area contributed by atoms with Crippen LogP contribution in [0.4, 0.5) is 0 Å². The summed E-state index contributed by atoms with van der Waals surface area (Å²) < 4.78 is 0. The summed E-state index contributed by atoms with van der Waals surface area (Å²) in [6.45, 7) is 8.13.